The van der Waals surface area contributed by atoms with Gasteiger partial charge in [-0.3, -0.25) is 4.79 Å². The van der Waals surface area contributed by atoms with Crippen molar-refractivity contribution in [3.8, 4) is 0 Å². The van der Waals surface area contributed by atoms with Gasteiger partial charge in [-0.25, -0.2) is 0 Å². The van der Waals surface area contributed by atoms with E-state index in [0.717, 1.165) is 19.3 Å². The van der Waals surface area contributed by atoms with Gasteiger partial charge in [-0.1, -0.05) is 13.8 Å². The van der Waals surface area contributed by atoms with Crippen LogP contribution in [0, 0.1) is 5.41 Å². The van der Waals surface area contributed by atoms with Gasteiger partial charge < -0.3 is 10.5 Å². The Kier molecular flexibility index (Phi) is 2.17. The maximum Gasteiger partial charge on any atom is 0.326 e. The number of rotatable bonds is 3. The largest absolute Gasteiger partial charge is 0.468 e. The van der Waals surface area contributed by atoms with E-state index >= 15 is 0 Å². The quantitative estimate of drug-likeness (QED) is 0.646. The first kappa shape index (κ1) is 9.52. The number of hydrogen-bond donors (Lipinski definition) is 1. The van der Waals surface area contributed by atoms with Crippen LogP contribution >= 0.6 is 0 Å². The van der Waals surface area contributed by atoms with Crippen LogP contribution in [0.15, 0.2) is 0 Å². The molecule has 1 fully saturated rings. The van der Waals surface area contributed by atoms with E-state index in [-0.39, 0.29) is 11.4 Å². The molecule has 70 valence electrons. The van der Waals surface area contributed by atoms with Crippen LogP contribution in [-0.2, 0) is 9.53 Å². The van der Waals surface area contributed by atoms with Crippen molar-refractivity contribution in [2.24, 2.45) is 11.1 Å². The highest BCUT2D eigenvalue weighted by Gasteiger charge is 2.68. The summed E-state index contributed by atoms with van der Waals surface area (Å²) in [4.78, 5) is 11.3. The molecular formula is C9H17NO2. The molecule has 1 unspecified atom stereocenters. The summed E-state index contributed by atoms with van der Waals surface area (Å²) in [5.41, 5.74) is 5.25. The summed E-state index contributed by atoms with van der Waals surface area (Å²) in [5.74, 6) is -0.258. The van der Waals surface area contributed by atoms with Crippen LogP contribution in [0.5, 0.6) is 0 Å². The topological polar surface area (TPSA) is 52.3 Å². The summed E-state index contributed by atoms with van der Waals surface area (Å²) >= 11 is 0. The first-order valence-electron chi connectivity index (χ1n) is 4.43. The third-order valence-electron chi connectivity index (χ3n) is 3.34. The molecule has 1 rings (SSSR count). The zero-order valence-corrected chi connectivity index (χ0v) is 8.02. The van der Waals surface area contributed by atoms with Crippen molar-refractivity contribution in [1.82, 2.24) is 0 Å². The third-order valence-corrected chi connectivity index (χ3v) is 3.34. The molecule has 0 amide bonds. The van der Waals surface area contributed by atoms with Crippen molar-refractivity contribution >= 4 is 5.97 Å². The molecule has 0 spiro atoms. The molecule has 0 bridgehead atoms. The number of nitrogens with two attached hydrogens (primary N) is 1. The van der Waals surface area contributed by atoms with Crippen LogP contribution in [0.3, 0.4) is 0 Å². The summed E-state index contributed by atoms with van der Waals surface area (Å²) in [6.45, 7) is 4.14. The van der Waals surface area contributed by atoms with Crippen LogP contribution in [0.1, 0.15) is 33.1 Å². The van der Waals surface area contributed by atoms with Crippen molar-refractivity contribution in [3.05, 3.63) is 0 Å². The summed E-state index contributed by atoms with van der Waals surface area (Å²) in [6.07, 6.45) is 2.68. The van der Waals surface area contributed by atoms with Gasteiger partial charge in [0.1, 0.15) is 5.54 Å². The molecule has 1 aliphatic carbocycles. The molecule has 0 heterocycles. The molecule has 2 N–H and O–H groups in total. The van der Waals surface area contributed by atoms with Gasteiger partial charge in [0.2, 0.25) is 0 Å². The molecule has 1 atom stereocenters. The molecule has 0 aromatic heterocycles. The fourth-order valence-electron chi connectivity index (χ4n) is 2.09. The van der Waals surface area contributed by atoms with Crippen LogP contribution in [0.4, 0.5) is 0 Å². The molecule has 1 saturated carbocycles. The highest BCUT2D eigenvalue weighted by Crippen LogP contribution is 2.59. The van der Waals surface area contributed by atoms with E-state index < -0.39 is 5.54 Å². The number of esters is 1. The van der Waals surface area contributed by atoms with Gasteiger partial charge in [-0.15, -0.1) is 0 Å². The molecule has 0 saturated heterocycles. The highest BCUT2D eigenvalue weighted by molar-refractivity contribution is 5.86. The Bertz CT molecular complexity index is 199. The smallest absolute Gasteiger partial charge is 0.326 e. The van der Waals surface area contributed by atoms with Crippen LogP contribution < -0.4 is 5.73 Å². The molecule has 0 aromatic rings. The van der Waals surface area contributed by atoms with Crippen molar-refractivity contribution in [2.45, 2.75) is 38.6 Å². The lowest BCUT2D eigenvalue weighted by Crippen LogP contribution is -2.40. The number of hydrogen-bond acceptors (Lipinski definition) is 3. The molecule has 3 nitrogen and oxygen atoms in total. The van der Waals surface area contributed by atoms with E-state index in [2.05, 4.69) is 18.6 Å². The summed E-state index contributed by atoms with van der Waals surface area (Å²) < 4.78 is 4.67. The Hall–Kier alpha value is -0.570. The van der Waals surface area contributed by atoms with Gasteiger partial charge in [0.15, 0.2) is 0 Å². The Morgan fingerprint density at radius 3 is 2.25 bits per heavy atom. The molecule has 3 heteroatoms. The molecule has 0 radical (unpaired) electrons. The lowest BCUT2D eigenvalue weighted by molar-refractivity contribution is -0.144. The predicted octanol–water partition coefficient (Wildman–Crippen LogP) is 1.07. The monoisotopic (exact) mass is 171 g/mol. The van der Waals surface area contributed by atoms with E-state index in [1.54, 1.807) is 0 Å². The zero-order chi connectivity index (χ0) is 9.41. The summed E-state index contributed by atoms with van der Waals surface area (Å²) in [6, 6.07) is 0. The standard InChI is InChI=1S/C9H17NO2/c1-4-8(5-2)6-9(8,10)7(11)12-3/h4-6,10H2,1-3H3. The van der Waals surface area contributed by atoms with E-state index in [4.69, 9.17) is 5.73 Å². The van der Waals surface area contributed by atoms with E-state index in [1.807, 2.05) is 0 Å². The van der Waals surface area contributed by atoms with Crippen LogP contribution in [-0.4, -0.2) is 18.6 Å². The van der Waals surface area contributed by atoms with Crippen molar-refractivity contribution < 1.29 is 9.53 Å². The fraction of sp³-hybridized carbons (Fsp3) is 0.889. The van der Waals surface area contributed by atoms with Crippen molar-refractivity contribution in [2.75, 3.05) is 7.11 Å². The van der Waals surface area contributed by atoms with E-state index in [9.17, 15) is 4.79 Å². The van der Waals surface area contributed by atoms with Crippen LogP contribution in [0.25, 0.3) is 0 Å². The lowest BCUT2D eigenvalue weighted by atomic mass is 9.94. The Labute approximate surface area is 73.3 Å². The Balaban J connectivity index is 2.74. The van der Waals surface area contributed by atoms with E-state index in [1.165, 1.54) is 7.11 Å². The lowest BCUT2D eigenvalue weighted by Gasteiger charge is -2.17. The number of methoxy groups -OCH3 is 1. The zero-order valence-electron chi connectivity index (χ0n) is 8.02. The second kappa shape index (κ2) is 2.73. The number of carbonyl (C=O) groups is 1. The predicted molar refractivity (Wildman–Crippen MR) is 46.6 cm³/mol. The first-order valence-corrected chi connectivity index (χ1v) is 4.43. The van der Waals surface area contributed by atoms with Gasteiger partial charge in [-0.05, 0) is 19.3 Å². The van der Waals surface area contributed by atoms with Gasteiger partial charge in [0.05, 0.1) is 7.11 Å². The Morgan fingerprint density at radius 2 is 2.00 bits per heavy atom. The molecule has 0 aliphatic heterocycles. The maximum absolute atomic E-state index is 11.3. The van der Waals surface area contributed by atoms with Crippen molar-refractivity contribution in [3.63, 3.8) is 0 Å². The van der Waals surface area contributed by atoms with Crippen LogP contribution in [0.2, 0.25) is 0 Å². The van der Waals surface area contributed by atoms with Gasteiger partial charge in [0, 0.05) is 5.41 Å². The van der Waals surface area contributed by atoms with Gasteiger partial charge in [-0.2, -0.15) is 0 Å². The molecule has 1 aliphatic rings. The second-order valence-corrected chi connectivity index (χ2v) is 3.63. The molecular weight excluding hydrogens is 154 g/mol. The van der Waals surface area contributed by atoms with Gasteiger partial charge in [0.25, 0.3) is 0 Å². The fourth-order valence-corrected chi connectivity index (χ4v) is 2.09. The summed E-state index contributed by atoms with van der Waals surface area (Å²) in [7, 11) is 1.39. The van der Waals surface area contributed by atoms with E-state index in [0.29, 0.717) is 0 Å². The third kappa shape index (κ3) is 0.959. The first-order chi connectivity index (χ1) is 5.56. The normalized spacial score (nSPS) is 31.3. The minimum absolute atomic E-state index is 0.0140. The SMILES string of the molecule is CCC1(CC)CC1(N)C(=O)OC. The highest BCUT2D eigenvalue weighted by atomic mass is 16.5. The minimum Gasteiger partial charge on any atom is -0.468 e. The van der Waals surface area contributed by atoms with Gasteiger partial charge >= 0.3 is 5.97 Å². The average Bonchev–Trinajstić information content (AvgIpc) is 2.72. The van der Waals surface area contributed by atoms with Crippen molar-refractivity contribution in [1.29, 1.82) is 0 Å². The molecule has 12 heavy (non-hydrogen) atoms. The average molecular weight is 171 g/mol. The Morgan fingerprint density at radius 1 is 1.50 bits per heavy atom. The second-order valence-electron chi connectivity index (χ2n) is 3.63. The summed E-state index contributed by atoms with van der Waals surface area (Å²) in [5, 5.41) is 0. The minimum atomic E-state index is -0.689. The molecule has 0 aromatic carbocycles. The number of carbonyl (C=O) groups excluding carboxylic acids is 1. The maximum atomic E-state index is 11.3. The number of ether oxygens (including phenoxy) is 1.